The van der Waals surface area contributed by atoms with Gasteiger partial charge in [-0.3, -0.25) is 4.70 Å². The van der Waals surface area contributed by atoms with E-state index in [0.717, 1.165) is 88.5 Å². The fourth-order valence-electron chi connectivity index (χ4n) is 16.9. The van der Waals surface area contributed by atoms with Gasteiger partial charge in [-0.25, -0.2) is 0 Å². The Morgan fingerprint density at radius 3 is 1.03 bits per heavy atom. The number of anilines is 5. The quantitative estimate of drug-likeness (QED) is 0.104. The monoisotopic (exact) mass is 1530 g/mol. The molecule has 1 N–H and O–H groups in total. The first-order chi connectivity index (χ1) is 56.0. The van der Waals surface area contributed by atoms with Crippen LogP contribution in [0.25, 0.3) is 175 Å². The number of fused-ring (bicyclic) bond motifs is 14. The van der Waals surface area contributed by atoms with Gasteiger partial charge in [0.1, 0.15) is 22.3 Å². The molecule has 0 fully saturated rings. The third-order valence-electron chi connectivity index (χ3n) is 22.0. The first kappa shape index (κ1) is 74.5. The molecular weight excluding hydrogens is 1450 g/mol. The van der Waals surface area contributed by atoms with Crippen molar-refractivity contribution < 1.29 is 13.5 Å². The van der Waals surface area contributed by atoms with E-state index in [1.807, 2.05) is 42.5 Å². The Bertz CT molecular complexity index is 7360. The first-order valence-corrected chi connectivity index (χ1v) is 38.7. The Morgan fingerprint density at radius 2 is 0.543 bits per heavy atom. The van der Waals surface area contributed by atoms with Crippen molar-refractivity contribution in [3.63, 3.8) is 0 Å². The van der Waals surface area contributed by atoms with Gasteiger partial charge in [0.2, 0.25) is 0 Å². The maximum Gasteiger partial charge on any atom is 0.137 e. The van der Waals surface area contributed by atoms with Crippen LogP contribution in [0.3, 0.4) is 0 Å². The topological polar surface area (TPSA) is 41.6 Å². The number of benzene rings is 20. The Balaban J connectivity index is 0.000000136. The van der Waals surface area contributed by atoms with Crippen molar-refractivity contribution in [3.05, 3.63) is 430 Å². The lowest BCUT2D eigenvalue weighted by molar-refractivity contribution is 0.668. The zero-order valence-corrected chi connectivity index (χ0v) is 64.8. The third kappa shape index (κ3) is 14.0. The number of para-hydroxylation sites is 2. The summed E-state index contributed by atoms with van der Waals surface area (Å²) < 4.78 is 12.5. The van der Waals surface area contributed by atoms with Gasteiger partial charge in [0.15, 0.2) is 0 Å². The SMILES string of the molecule is C.Clc1cccc(-c2c(-c3ccccc3)c3ccccc3c3ccccc23)c1.F.P.c1ccc(-c2c(-c3cccc(N(c4ccc(-c5cccc6ccccc56)cc4)c4ccc5c(c4)oc4ccccc45)c3)c3ccccc3c3ccccc23)cc1.c1ccc2c(-c3ccc(Nc4ccc5c(c4)oc4ccccc45)cc3)cccc2c1. The summed E-state index contributed by atoms with van der Waals surface area (Å²) in [6.45, 7) is 0. The molecule has 0 saturated carbocycles. The van der Waals surface area contributed by atoms with Crippen molar-refractivity contribution in [1.29, 1.82) is 0 Å². The largest absolute Gasteiger partial charge is 0.456 e. The summed E-state index contributed by atoms with van der Waals surface area (Å²) in [5.74, 6) is 0. The van der Waals surface area contributed by atoms with E-state index in [1.54, 1.807) is 0 Å². The van der Waals surface area contributed by atoms with Crippen molar-refractivity contribution in [2.24, 2.45) is 0 Å². The Morgan fingerprint density at radius 1 is 0.216 bits per heavy atom. The molecule has 0 aliphatic carbocycles. The minimum Gasteiger partial charge on any atom is -0.456 e. The van der Waals surface area contributed by atoms with Gasteiger partial charge >= 0.3 is 0 Å². The highest BCUT2D eigenvalue weighted by molar-refractivity contribution is 6.92. The second-order valence-electron chi connectivity index (χ2n) is 28.7. The van der Waals surface area contributed by atoms with Gasteiger partial charge in [-0.1, -0.05) is 347 Å². The van der Waals surface area contributed by atoms with E-state index < -0.39 is 0 Å². The van der Waals surface area contributed by atoms with E-state index in [0.29, 0.717) is 0 Å². The van der Waals surface area contributed by atoms with Crippen LogP contribution in [0.1, 0.15) is 7.43 Å². The minimum atomic E-state index is 0. The molecule has 1 atom stereocenters. The predicted molar refractivity (Wildman–Crippen MR) is 501 cm³/mol. The van der Waals surface area contributed by atoms with Crippen LogP contribution >= 0.6 is 21.5 Å². The number of hydrogen-bond acceptors (Lipinski definition) is 4. The Kier molecular flexibility index (Phi) is 20.9. The maximum atomic E-state index is 6.45. The molecule has 0 radical (unpaired) electrons. The summed E-state index contributed by atoms with van der Waals surface area (Å²) in [7, 11) is 0. The molecule has 22 rings (SSSR count). The van der Waals surface area contributed by atoms with Crippen LogP contribution in [0.15, 0.2) is 433 Å². The van der Waals surface area contributed by atoms with Gasteiger partial charge in [-0.2, -0.15) is 9.90 Å². The third-order valence-corrected chi connectivity index (χ3v) is 22.2. The van der Waals surface area contributed by atoms with Gasteiger partial charge in [-0.05, 0) is 216 Å². The molecule has 22 aromatic rings. The van der Waals surface area contributed by atoms with Crippen LogP contribution in [0.4, 0.5) is 33.1 Å². The van der Waals surface area contributed by atoms with E-state index in [1.165, 1.54) is 120 Å². The molecular formula is C109H79ClFN2O2P. The summed E-state index contributed by atoms with van der Waals surface area (Å²) >= 11 is 6.36. The molecule has 0 saturated heterocycles. The summed E-state index contributed by atoms with van der Waals surface area (Å²) in [6.07, 6.45) is 0. The normalized spacial score (nSPS) is 11.1. The molecule has 4 nitrogen and oxygen atoms in total. The molecule has 1 unspecified atom stereocenters. The van der Waals surface area contributed by atoms with Crippen molar-refractivity contribution in [2.75, 3.05) is 10.2 Å². The zero-order valence-electron chi connectivity index (χ0n) is 62.7. The second kappa shape index (κ2) is 32.5. The van der Waals surface area contributed by atoms with Gasteiger partial charge in [0.25, 0.3) is 0 Å². The second-order valence-corrected chi connectivity index (χ2v) is 29.1. The lowest BCUT2D eigenvalue weighted by atomic mass is 9.85. The van der Waals surface area contributed by atoms with Crippen LogP contribution in [0, 0.1) is 0 Å². The maximum absolute atomic E-state index is 6.45. The molecule has 0 amide bonds. The average molecular weight is 1530 g/mol. The smallest absolute Gasteiger partial charge is 0.137 e. The molecule has 2 heterocycles. The average Bonchev–Trinajstić information content (AvgIpc) is 1.02. The lowest BCUT2D eigenvalue weighted by Gasteiger charge is -2.27. The van der Waals surface area contributed by atoms with E-state index in [-0.39, 0.29) is 22.0 Å². The van der Waals surface area contributed by atoms with Crippen molar-refractivity contribution >= 4 is 158 Å². The first-order valence-electron chi connectivity index (χ1n) is 38.4. The summed E-state index contributed by atoms with van der Waals surface area (Å²) in [4.78, 5) is 2.36. The molecule has 0 bridgehead atoms. The highest BCUT2D eigenvalue weighted by Crippen LogP contribution is 2.49. The lowest BCUT2D eigenvalue weighted by Crippen LogP contribution is -2.10. The molecule has 556 valence electrons. The van der Waals surface area contributed by atoms with E-state index in [4.69, 9.17) is 20.4 Å². The fourth-order valence-corrected chi connectivity index (χ4v) is 17.1. The highest BCUT2D eigenvalue weighted by Gasteiger charge is 2.23. The zero-order chi connectivity index (χ0) is 75.1. The van der Waals surface area contributed by atoms with Gasteiger partial charge in [0.05, 0.1) is 0 Å². The predicted octanol–water partition coefficient (Wildman–Crippen LogP) is 32.5. The number of furan rings is 2. The molecule has 116 heavy (non-hydrogen) atoms. The summed E-state index contributed by atoms with van der Waals surface area (Å²) in [5.41, 5.74) is 23.3. The number of hydrogen-bond donors (Lipinski definition) is 1. The molecule has 0 spiro atoms. The van der Waals surface area contributed by atoms with Crippen molar-refractivity contribution in [1.82, 2.24) is 0 Å². The molecule has 0 aliphatic heterocycles. The van der Waals surface area contributed by atoms with Crippen LogP contribution in [0.5, 0.6) is 0 Å². The summed E-state index contributed by atoms with van der Waals surface area (Å²) in [6, 6.07) is 151. The number of nitrogens with zero attached hydrogens (tertiary/aromatic N) is 1. The van der Waals surface area contributed by atoms with Gasteiger partial charge in [-0.15, -0.1) is 0 Å². The van der Waals surface area contributed by atoms with Crippen molar-refractivity contribution in [2.45, 2.75) is 7.43 Å². The molecule has 20 aromatic carbocycles. The highest BCUT2D eigenvalue weighted by atomic mass is 35.5. The molecule has 2 aromatic heterocycles. The van der Waals surface area contributed by atoms with Gasteiger partial charge in [0, 0.05) is 67.1 Å². The van der Waals surface area contributed by atoms with Crippen LogP contribution in [-0.4, -0.2) is 0 Å². The van der Waals surface area contributed by atoms with E-state index in [9.17, 15) is 0 Å². The Hall–Kier alpha value is -14.2. The summed E-state index contributed by atoms with van der Waals surface area (Å²) in [5, 5.41) is 23.8. The Labute approximate surface area is 681 Å². The number of rotatable bonds is 11. The van der Waals surface area contributed by atoms with Crippen LogP contribution in [-0.2, 0) is 0 Å². The molecule has 0 aliphatic rings. The molecule has 7 heteroatoms. The van der Waals surface area contributed by atoms with Crippen LogP contribution in [0.2, 0.25) is 5.02 Å². The standard InChI is InChI=1S/C54H35NO.C28H19NO.C26H17Cl.CH4.FH.H3P/c1-2-15-38(16-3-1)53-49-24-8-6-21-45(49)46-22-7-9-25-50(46)54(53)39-18-12-19-41(34-39)55(42-32-33-48-47-23-10-11-27-51(47)56-52(48)35-42)40-30-28-37(29-31-40)44-26-13-17-36-14-4-5-20-43(36)44;1-2-8-23-19(6-1)7-5-10-24(23)20-12-14-21(15-13-20)29-22-16-17-26-25-9-3-4-11-27(25)30-28(26)18-22;27-20-12-8-11-19(17-20)26-24-16-7-5-14-22(24)21-13-4-6-15-23(21)25(26)18-9-2-1-3-10-18;;;/h1-35H;1-18,29H;1-17H;1H4;1H;1H3. The van der Waals surface area contributed by atoms with Crippen molar-refractivity contribution in [3.8, 4) is 66.8 Å². The van der Waals surface area contributed by atoms with Crippen LogP contribution < -0.4 is 10.2 Å². The number of nitrogens with one attached hydrogen (secondary N) is 1. The van der Waals surface area contributed by atoms with Gasteiger partial charge < -0.3 is 19.1 Å². The van der Waals surface area contributed by atoms with E-state index >= 15 is 0 Å². The fraction of sp³-hybridized carbons (Fsp3) is 0.00917. The minimum absolute atomic E-state index is 0. The number of halogens is 2. The van der Waals surface area contributed by atoms with E-state index in [2.05, 4.69) is 392 Å².